The molecule has 0 aromatic heterocycles. The molecule has 18 heavy (non-hydrogen) atoms. The molecule has 2 atom stereocenters. The Hall–Kier alpha value is -1.42. The third-order valence-corrected chi connectivity index (χ3v) is 3.86. The third kappa shape index (κ3) is 2.12. The van der Waals surface area contributed by atoms with Crippen LogP contribution in [0.4, 0.5) is 5.69 Å². The maximum atomic E-state index is 5.98. The van der Waals surface area contributed by atoms with E-state index in [2.05, 4.69) is 24.0 Å². The molecule has 3 rings (SSSR count). The molecule has 0 saturated carbocycles. The topological polar surface area (TPSA) is 47.7 Å². The standard InChI is InChI=1S/C14H20N2O2/c1-10(15)11-4-5-16(9-11)12-2-3-13-14(8-12)18-7-6-17-13/h2-3,8,10-11H,4-7,9,15H2,1H3. The lowest BCUT2D eigenvalue weighted by atomic mass is 10.0. The molecule has 4 heteroatoms. The molecule has 1 fully saturated rings. The summed E-state index contributed by atoms with van der Waals surface area (Å²) in [6.45, 7) is 5.49. The Balaban J connectivity index is 1.77. The fourth-order valence-corrected chi connectivity index (χ4v) is 2.68. The first kappa shape index (κ1) is 11.7. The second-order valence-corrected chi connectivity index (χ2v) is 5.18. The number of rotatable bonds is 2. The molecule has 1 aromatic rings. The lowest BCUT2D eigenvalue weighted by molar-refractivity contribution is 0.171. The van der Waals surface area contributed by atoms with Crippen LogP contribution in [0.5, 0.6) is 11.5 Å². The van der Waals surface area contributed by atoms with Gasteiger partial charge in [-0.1, -0.05) is 0 Å². The molecule has 2 unspecified atom stereocenters. The van der Waals surface area contributed by atoms with E-state index in [0.29, 0.717) is 19.1 Å². The molecule has 4 nitrogen and oxygen atoms in total. The van der Waals surface area contributed by atoms with Crippen LogP contribution in [-0.2, 0) is 0 Å². The second-order valence-electron chi connectivity index (χ2n) is 5.18. The van der Waals surface area contributed by atoms with Crippen LogP contribution in [0.25, 0.3) is 0 Å². The molecule has 0 aliphatic carbocycles. The first-order chi connectivity index (χ1) is 8.74. The Bertz CT molecular complexity index is 434. The minimum Gasteiger partial charge on any atom is -0.486 e. The molecule has 0 bridgehead atoms. The predicted octanol–water partition coefficient (Wildman–Crippen LogP) is 1.63. The average molecular weight is 248 g/mol. The lowest BCUT2D eigenvalue weighted by Crippen LogP contribution is -2.29. The summed E-state index contributed by atoms with van der Waals surface area (Å²) in [5.41, 5.74) is 7.19. The van der Waals surface area contributed by atoms with Crippen LogP contribution in [0.2, 0.25) is 0 Å². The van der Waals surface area contributed by atoms with Crippen molar-refractivity contribution >= 4 is 5.69 Å². The van der Waals surface area contributed by atoms with Crippen molar-refractivity contribution in [1.29, 1.82) is 0 Å². The highest BCUT2D eigenvalue weighted by atomic mass is 16.6. The van der Waals surface area contributed by atoms with Gasteiger partial charge in [0.05, 0.1) is 0 Å². The van der Waals surface area contributed by atoms with Crippen LogP contribution >= 0.6 is 0 Å². The van der Waals surface area contributed by atoms with Crippen LogP contribution in [-0.4, -0.2) is 32.3 Å². The van der Waals surface area contributed by atoms with Crippen molar-refractivity contribution < 1.29 is 9.47 Å². The molecule has 1 aromatic carbocycles. The second kappa shape index (κ2) is 4.69. The van der Waals surface area contributed by atoms with Crippen LogP contribution in [0.3, 0.4) is 0 Å². The molecule has 2 heterocycles. The van der Waals surface area contributed by atoms with Gasteiger partial charge < -0.3 is 20.1 Å². The number of nitrogens with two attached hydrogens (primary N) is 1. The third-order valence-electron chi connectivity index (χ3n) is 3.86. The summed E-state index contributed by atoms with van der Waals surface area (Å²) in [6.07, 6.45) is 1.17. The maximum Gasteiger partial charge on any atom is 0.163 e. The molecule has 1 saturated heterocycles. The van der Waals surface area contributed by atoms with Crippen molar-refractivity contribution in [1.82, 2.24) is 0 Å². The van der Waals surface area contributed by atoms with Crippen LogP contribution < -0.4 is 20.1 Å². The van der Waals surface area contributed by atoms with E-state index in [1.165, 1.54) is 12.1 Å². The van der Waals surface area contributed by atoms with Crippen molar-refractivity contribution in [2.24, 2.45) is 11.7 Å². The smallest absolute Gasteiger partial charge is 0.163 e. The molecule has 0 radical (unpaired) electrons. The summed E-state index contributed by atoms with van der Waals surface area (Å²) in [4.78, 5) is 2.38. The average Bonchev–Trinajstić information content (AvgIpc) is 2.88. The number of anilines is 1. The van der Waals surface area contributed by atoms with Crippen molar-refractivity contribution in [3.05, 3.63) is 18.2 Å². The zero-order valence-corrected chi connectivity index (χ0v) is 10.8. The number of benzene rings is 1. The number of nitrogens with zero attached hydrogens (tertiary/aromatic N) is 1. The van der Waals surface area contributed by atoms with Gasteiger partial charge in [-0.15, -0.1) is 0 Å². The van der Waals surface area contributed by atoms with E-state index in [1.807, 2.05) is 6.07 Å². The molecular formula is C14H20N2O2. The normalized spacial score (nSPS) is 24.1. The van der Waals surface area contributed by atoms with Gasteiger partial charge in [0.2, 0.25) is 0 Å². The maximum absolute atomic E-state index is 5.98. The van der Waals surface area contributed by atoms with Gasteiger partial charge in [-0.05, 0) is 31.4 Å². The largest absolute Gasteiger partial charge is 0.486 e. The van der Waals surface area contributed by atoms with E-state index in [0.717, 1.165) is 24.6 Å². The van der Waals surface area contributed by atoms with Crippen LogP contribution in [0.1, 0.15) is 13.3 Å². The quantitative estimate of drug-likeness (QED) is 0.864. The van der Waals surface area contributed by atoms with Crippen molar-refractivity contribution in [2.75, 3.05) is 31.2 Å². The highest BCUT2D eigenvalue weighted by Gasteiger charge is 2.26. The number of ether oxygens (including phenoxy) is 2. The summed E-state index contributed by atoms with van der Waals surface area (Å²) >= 11 is 0. The predicted molar refractivity (Wildman–Crippen MR) is 71.4 cm³/mol. The van der Waals surface area contributed by atoms with Crippen molar-refractivity contribution in [3.63, 3.8) is 0 Å². The first-order valence-electron chi connectivity index (χ1n) is 6.64. The Labute approximate surface area is 108 Å². The van der Waals surface area contributed by atoms with Gasteiger partial charge >= 0.3 is 0 Å². The van der Waals surface area contributed by atoms with E-state index in [9.17, 15) is 0 Å². The fourth-order valence-electron chi connectivity index (χ4n) is 2.68. The summed E-state index contributed by atoms with van der Waals surface area (Å²) in [7, 11) is 0. The Morgan fingerprint density at radius 1 is 1.28 bits per heavy atom. The van der Waals surface area contributed by atoms with Gasteiger partial charge in [0.15, 0.2) is 11.5 Å². The molecule has 98 valence electrons. The van der Waals surface area contributed by atoms with Gasteiger partial charge in [-0.2, -0.15) is 0 Å². The van der Waals surface area contributed by atoms with E-state index < -0.39 is 0 Å². The minimum absolute atomic E-state index is 0.271. The molecule has 0 amide bonds. The zero-order chi connectivity index (χ0) is 12.5. The van der Waals surface area contributed by atoms with Gasteiger partial charge in [-0.3, -0.25) is 0 Å². The van der Waals surface area contributed by atoms with E-state index in [-0.39, 0.29) is 6.04 Å². The Morgan fingerprint density at radius 2 is 2.06 bits per heavy atom. The van der Waals surface area contributed by atoms with Gasteiger partial charge in [0.25, 0.3) is 0 Å². The molecule has 2 N–H and O–H groups in total. The first-order valence-corrected chi connectivity index (χ1v) is 6.64. The Morgan fingerprint density at radius 3 is 2.78 bits per heavy atom. The van der Waals surface area contributed by atoms with E-state index in [1.54, 1.807) is 0 Å². The summed E-state index contributed by atoms with van der Waals surface area (Å²) in [6, 6.07) is 6.46. The van der Waals surface area contributed by atoms with Crippen LogP contribution in [0, 0.1) is 5.92 Å². The molecule has 0 spiro atoms. The number of fused-ring (bicyclic) bond motifs is 1. The van der Waals surface area contributed by atoms with Gasteiger partial charge in [0, 0.05) is 30.9 Å². The molecule has 2 aliphatic heterocycles. The monoisotopic (exact) mass is 248 g/mol. The minimum atomic E-state index is 0.271. The highest BCUT2D eigenvalue weighted by molar-refractivity contribution is 5.57. The van der Waals surface area contributed by atoms with Gasteiger partial charge in [-0.25, -0.2) is 0 Å². The van der Waals surface area contributed by atoms with Crippen LogP contribution in [0.15, 0.2) is 18.2 Å². The summed E-state index contributed by atoms with van der Waals surface area (Å²) in [5.74, 6) is 2.31. The van der Waals surface area contributed by atoms with Crippen molar-refractivity contribution in [2.45, 2.75) is 19.4 Å². The molecule has 2 aliphatic rings. The zero-order valence-electron chi connectivity index (χ0n) is 10.8. The van der Waals surface area contributed by atoms with Crippen molar-refractivity contribution in [3.8, 4) is 11.5 Å². The summed E-state index contributed by atoms with van der Waals surface area (Å²) < 4.78 is 11.2. The number of hydrogen-bond acceptors (Lipinski definition) is 4. The van der Waals surface area contributed by atoms with E-state index in [4.69, 9.17) is 15.2 Å². The molecular weight excluding hydrogens is 228 g/mol. The Kier molecular flexibility index (Phi) is 3.04. The number of hydrogen-bond donors (Lipinski definition) is 1. The van der Waals surface area contributed by atoms with Gasteiger partial charge in [0.1, 0.15) is 13.2 Å². The van der Waals surface area contributed by atoms with E-state index >= 15 is 0 Å². The summed E-state index contributed by atoms with van der Waals surface area (Å²) in [5, 5.41) is 0. The fraction of sp³-hybridized carbons (Fsp3) is 0.571. The SMILES string of the molecule is CC(N)C1CCN(c2ccc3c(c2)OCCO3)C1. The highest BCUT2D eigenvalue weighted by Crippen LogP contribution is 2.35. The lowest BCUT2D eigenvalue weighted by Gasteiger charge is -2.23.